The zero-order valence-electron chi connectivity index (χ0n) is 16.1. The van der Waals surface area contributed by atoms with E-state index in [0.717, 1.165) is 47.9 Å². The van der Waals surface area contributed by atoms with Crippen LogP contribution >= 0.6 is 11.6 Å². The molecule has 2 aromatic rings. The molecule has 0 amide bonds. The first kappa shape index (κ1) is 18.3. The molecule has 7 heteroatoms. The highest BCUT2D eigenvalue weighted by molar-refractivity contribution is 6.66. The Morgan fingerprint density at radius 3 is 2.46 bits per heavy atom. The molecule has 4 rings (SSSR count). The van der Waals surface area contributed by atoms with Crippen molar-refractivity contribution in [2.45, 2.75) is 71.3 Å². The standard InChI is InChI=1S/C19H26BClN2O3/c1-12-16-14(23(22-12)15-8-6-7-11-24-15)10-9-13(17(16)21)20-25-18(2,3)19(4,5)26-20/h9-10,15H,6-8,11H2,1-5H3. The van der Waals surface area contributed by atoms with E-state index in [4.69, 9.17) is 30.7 Å². The highest BCUT2D eigenvalue weighted by Gasteiger charge is 2.52. The minimum absolute atomic E-state index is 0.0151. The van der Waals surface area contributed by atoms with Crippen molar-refractivity contribution in [3.63, 3.8) is 0 Å². The first-order chi connectivity index (χ1) is 12.2. The van der Waals surface area contributed by atoms with Gasteiger partial charge in [0.05, 0.1) is 27.4 Å². The van der Waals surface area contributed by atoms with Gasteiger partial charge in [0.25, 0.3) is 0 Å². The lowest BCUT2D eigenvalue weighted by Crippen LogP contribution is -2.41. The summed E-state index contributed by atoms with van der Waals surface area (Å²) in [7, 11) is -0.481. The summed E-state index contributed by atoms with van der Waals surface area (Å²) in [6, 6.07) is 4.05. The van der Waals surface area contributed by atoms with Gasteiger partial charge in [0.15, 0.2) is 6.23 Å². The van der Waals surface area contributed by atoms with Crippen molar-refractivity contribution in [1.29, 1.82) is 0 Å². The van der Waals surface area contributed by atoms with Crippen molar-refractivity contribution >= 4 is 35.1 Å². The smallest absolute Gasteiger partial charge is 0.399 e. The zero-order chi connectivity index (χ0) is 18.7. The Balaban J connectivity index is 1.76. The van der Waals surface area contributed by atoms with Crippen LogP contribution in [0.15, 0.2) is 12.1 Å². The third-order valence-corrected chi connectivity index (χ3v) is 6.36. The van der Waals surface area contributed by atoms with E-state index in [1.807, 2.05) is 45.4 Å². The molecule has 3 heterocycles. The van der Waals surface area contributed by atoms with Crippen LogP contribution in [0.4, 0.5) is 0 Å². The number of aryl methyl sites for hydroxylation is 1. The van der Waals surface area contributed by atoms with Gasteiger partial charge in [-0.15, -0.1) is 0 Å². The lowest BCUT2D eigenvalue weighted by atomic mass is 9.78. The molecule has 1 aromatic heterocycles. The second-order valence-corrected chi connectivity index (χ2v) is 8.68. The SMILES string of the molecule is Cc1nn(C2CCCCO2)c2ccc(B3OC(C)(C)C(C)(C)O3)c(Cl)c12. The Bertz CT molecular complexity index is 827. The van der Waals surface area contributed by atoms with Gasteiger partial charge < -0.3 is 14.0 Å². The quantitative estimate of drug-likeness (QED) is 0.743. The van der Waals surface area contributed by atoms with Crippen LogP contribution in [-0.2, 0) is 14.0 Å². The molecular formula is C19H26BClN2O3. The number of ether oxygens (including phenoxy) is 1. The van der Waals surface area contributed by atoms with Gasteiger partial charge in [-0.3, -0.25) is 0 Å². The number of rotatable bonds is 2. The minimum Gasteiger partial charge on any atom is -0.399 e. The number of nitrogens with zero attached hydrogens (tertiary/aromatic N) is 2. The van der Waals surface area contributed by atoms with Gasteiger partial charge >= 0.3 is 7.12 Å². The minimum atomic E-state index is -0.481. The fourth-order valence-corrected chi connectivity index (χ4v) is 4.06. The largest absolute Gasteiger partial charge is 0.496 e. The highest BCUT2D eigenvalue weighted by atomic mass is 35.5. The Hall–Kier alpha value is -1.08. The van der Waals surface area contributed by atoms with Gasteiger partial charge in [0, 0.05) is 17.5 Å². The van der Waals surface area contributed by atoms with Crippen molar-refractivity contribution in [2.24, 2.45) is 0 Å². The molecule has 2 fully saturated rings. The summed E-state index contributed by atoms with van der Waals surface area (Å²) in [6.07, 6.45) is 3.23. The molecule has 26 heavy (non-hydrogen) atoms. The van der Waals surface area contributed by atoms with Crippen LogP contribution in [0.5, 0.6) is 0 Å². The molecule has 0 saturated carbocycles. The number of halogens is 1. The van der Waals surface area contributed by atoms with Crippen molar-refractivity contribution in [3.05, 3.63) is 22.8 Å². The summed E-state index contributed by atoms with van der Waals surface area (Å²) in [4.78, 5) is 0. The van der Waals surface area contributed by atoms with Crippen LogP contribution < -0.4 is 5.46 Å². The maximum Gasteiger partial charge on any atom is 0.496 e. The maximum atomic E-state index is 6.81. The lowest BCUT2D eigenvalue weighted by molar-refractivity contribution is -0.0368. The molecule has 2 saturated heterocycles. The molecule has 1 aromatic carbocycles. The van der Waals surface area contributed by atoms with Gasteiger partial charge in [-0.25, -0.2) is 4.68 Å². The molecule has 1 unspecified atom stereocenters. The molecule has 0 radical (unpaired) electrons. The van der Waals surface area contributed by atoms with Crippen molar-refractivity contribution < 1.29 is 14.0 Å². The average molecular weight is 377 g/mol. The zero-order valence-corrected chi connectivity index (χ0v) is 16.9. The van der Waals surface area contributed by atoms with Crippen LogP contribution in [0, 0.1) is 6.92 Å². The van der Waals surface area contributed by atoms with Crippen LogP contribution in [0.25, 0.3) is 10.9 Å². The molecule has 140 valence electrons. The molecule has 0 aliphatic carbocycles. The number of aromatic nitrogens is 2. The van der Waals surface area contributed by atoms with E-state index in [1.165, 1.54) is 0 Å². The first-order valence-corrected chi connectivity index (χ1v) is 9.73. The first-order valence-electron chi connectivity index (χ1n) is 9.36. The third-order valence-electron chi connectivity index (χ3n) is 5.95. The Labute approximate surface area is 160 Å². The van der Waals surface area contributed by atoms with E-state index >= 15 is 0 Å². The molecule has 0 N–H and O–H groups in total. The fraction of sp³-hybridized carbons (Fsp3) is 0.632. The predicted octanol–water partition coefficient (Wildman–Crippen LogP) is 4.00. The van der Waals surface area contributed by atoms with Gasteiger partial charge in [0.1, 0.15) is 0 Å². The summed E-state index contributed by atoms with van der Waals surface area (Å²) in [5.41, 5.74) is 1.96. The summed E-state index contributed by atoms with van der Waals surface area (Å²) in [5.74, 6) is 0. The molecule has 2 aliphatic rings. The molecular weight excluding hydrogens is 350 g/mol. The molecule has 5 nitrogen and oxygen atoms in total. The topological polar surface area (TPSA) is 45.5 Å². The Kier molecular flexibility index (Phi) is 4.38. The summed E-state index contributed by atoms with van der Waals surface area (Å²) in [6.45, 7) is 10.9. The fourth-order valence-electron chi connectivity index (χ4n) is 3.67. The highest BCUT2D eigenvalue weighted by Crippen LogP contribution is 2.38. The van der Waals surface area contributed by atoms with Crippen LogP contribution in [-0.4, -0.2) is 34.7 Å². The van der Waals surface area contributed by atoms with Gasteiger partial charge in [-0.2, -0.15) is 5.10 Å². The normalized spacial score (nSPS) is 25.2. The van der Waals surface area contributed by atoms with E-state index in [9.17, 15) is 0 Å². The summed E-state index contributed by atoms with van der Waals surface area (Å²) >= 11 is 6.81. The average Bonchev–Trinajstić information content (AvgIpc) is 3.02. The molecule has 2 aliphatic heterocycles. The van der Waals surface area contributed by atoms with Gasteiger partial charge in [-0.05, 0) is 59.9 Å². The molecule has 0 spiro atoms. The van der Waals surface area contributed by atoms with Crippen LogP contribution in [0.2, 0.25) is 5.02 Å². The lowest BCUT2D eigenvalue weighted by Gasteiger charge is -2.32. The van der Waals surface area contributed by atoms with E-state index in [-0.39, 0.29) is 6.23 Å². The summed E-state index contributed by atoms with van der Waals surface area (Å²) in [5, 5.41) is 6.33. The second kappa shape index (κ2) is 6.23. The predicted molar refractivity (Wildman–Crippen MR) is 104 cm³/mol. The number of hydrogen-bond donors (Lipinski definition) is 0. The van der Waals surface area contributed by atoms with Crippen molar-refractivity contribution in [1.82, 2.24) is 9.78 Å². The van der Waals surface area contributed by atoms with Crippen LogP contribution in [0.3, 0.4) is 0 Å². The Morgan fingerprint density at radius 1 is 1.15 bits per heavy atom. The number of hydrogen-bond acceptors (Lipinski definition) is 4. The van der Waals surface area contributed by atoms with E-state index in [0.29, 0.717) is 5.02 Å². The van der Waals surface area contributed by atoms with Crippen molar-refractivity contribution in [2.75, 3.05) is 6.61 Å². The maximum absolute atomic E-state index is 6.81. The Morgan fingerprint density at radius 2 is 1.85 bits per heavy atom. The van der Waals surface area contributed by atoms with Crippen molar-refractivity contribution in [3.8, 4) is 0 Å². The van der Waals surface area contributed by atoms with E-state index in [2.05, 4.69) is 6.07 Å². The third kappa shape index (κ3) is 2.78. The molecule has 0 bridgehead atoms. The monoisotopic (exact) mass is 376 g/mol. The number of fused-ring (bicyclic) bond motifs is 1. The van der Waals surface area contributed by atoms with Gasteiger partial charge in [-0.1, -0.05) is 17.7 Å². The van der Waals surface area contributed by atoms with Crippen LogP contribution in [0.1, 0.15) is 58.9 Å². The van der Waals surface area contributed by atoms with E-state index < -0.39 is 18.3 Å². The molecule has 1 atom stereocenters. The second-order valence-electron chi connectivity index (χ2n) is 8.30. The number of benzene rings is 1. The van der Waals surface area contributed by atoms with E-state index in [1.54, 1.807) is 0 Å². The van der Waals surface area contributed by atoms with Gasteiger partial charge in [0.2, 0.25) is 0 Å². The summed E-state index contributed by atoms with van der Waals surface area (Å²) < 4.78 is 20.3.